The number of carbonyl (C=O) groups excluding carboxylic acids is 2. The minimum absolute atomic E-state index is 0.178. The van der Waals surface area contributed by atoms with Crippen LogP contribution in [-0.2, 0) is 10.3 Å². The molecule has 2 aromatic carbocycles. The molecule has 0 bridgehead atoms. The smallest absolute Gasteiger partial charge is 0.322 e. The molecule has 1 fully saturated rings. The molecule has 0 radical (unpaired) electrons. The molecule has 5 nitrogen and oxygen atoms in total. The van der Waals surface area contributed by atoms with Crippen LogP contribution in [0.25, 0.3) is 0 Å². The summed E-state index contributed by atoms with van der Waals surface area (Å²) in [5.41, 5.74) is -0.0458. The monoisotopic (exact) mass is 390 g/mol. The van der Waals surface area contributed by atoms with Crippen molar-refractivity contribution in [2.75, 3.05) is 0 Å². The van der Waals surface area contributed by atoms with Crippen LogP contribution in [0.3, 0.4) is 0 Å². The number of nitrogens with one attached hydrogen (secondary N) is 2. The van der Waals surface area contributed by atoms with Crippen molar-refractivity contribution < 1.29 is 18.7 Å². The topological polar surface area (TPSA) is 67.4 Å². The quantitative estimate of drug-likeness (QED) is 0.735. The van der Waals surface area contributed by atoms with Crippen LogP contribution in [0, 0.1) is 5.82 Å². The first-order chi connectivity index (χ1) is 11.5. The number of carbonyl (C=O) groups is 2. The number of halogens is 2. The molecule has 2 N–H and O–H groups in total. The molecule has 2 unspecified atom stereocenters. The fourth-order valence-electron chi connectivity index (χ4n) is 3.24. The van der Waals surface area contributed by atoms with Gasteiger partial charge in [-0.3, -0.25) is 10.1 Å². The predicted octanol–water partition coefficient (Wildman–Crippen LogP) is 3.15. The Hall–Kier alpha value is -2.41. The van der Waals surface area contributed by atoms with Crippen molar-refractivity contribution in [1.29, 1.82) is 0 Å². The van der Waals surface area contributed by atoms with Crippen LogP contribution in [0.5, 0.6) is 5.75 Å². The summed E-state index contributed by atoms with van der Waals surface area (Å²) in [5, 5.41) is 5.01. The van der Waals surface area contributed by atoms with Crippen molar-refractivity contribution in [3.63, 3.8) is 0 Å². The van der Waals surface area contributed by atoms with Crippen molar-refractivity contribution in [1.82, 2.24) is 10.6 Å². The third-order valence-electron chi connectivity index (χ3n) is 4.32. The Morgan fingerprint density at radius 3 is 2.75 bits per heavy atom. The van der Waals surface area contributed by atoms with Gasteiger partial charge in [0, 0.05) is 16.5 Å². The first-order valence-electron chi connectivity index (χ1n) is 7.34. The van der Waals surface area contributed by atoms with E-state index in [4.69, 9.17) is 4.74 Å². The number of hydrogen-bond donors (Lipinski definition) is 2. The second-order valence-electron chi connectivity index (χ2n) is 5.82. The summed E-state index contributed by atoms with van der Waals surface area (Å²) in [4.78, 5) is 24.3. The molecule has 2 heterocycles. The SMILES string of the molecule is O=C1NC(=O)C2(CC(c3cccc(F)c3)Oc3ccc(Br)cc32)N1. The zero-order valence-electron chi connectivity index (χ0n) is 12.3. The highest BCUT2D eigenvalue weighted by atomic mass is 79.9. The molecular formula is C17H12BrFN2O3. The van der Waals surface area contributed by atoms with Gasteiger partial charge in [-0.1, -0.05) is 28.1 Å². The van der Waals surface area contributed by atoms with Crippen molar-refractivity contribution in [3.05, 3.63) is 63.9 Å². The third kappa shape index (κ3) is 2.27. The van der Waals surface area contributed by atoms with E-state index in [0.717, 1.165) is 4.47 Å². The van der Waals surface area contributed by atoms with E-state index in [1.807, 2.05) is 0 Å². The van der Waals surface area contributed by atoms with Gasteiger partial charge in [0.1, 0.15) is 17.7 Å². The molecule has 1 saturated heterocycles. The van der Waals surface area contributed by atoms with E-state index in [1.165, 1.54) is 12.1 Å². The first kappa shape index (κ1) is 15.1. The number of imide groups is 1. The molecule has 3 amide bonds. The van der Waals surface area contributed by atoms with Crippen molar-refractivity contribution in [2.45, 2.75) is 18.1 Å². The van der Waals surface area contributed by atoms with E-state index >= 15 is 0 Å². The Morgan fingerprint density at radius 1 is 1.21 bits per heavy atom. The Balaban J connectivity index is 1.86. The van der Waals surface area contributed by atoms with Crippen LogP contribution in [0.2, 0.25) is 0 Å². The van der Waals surface area contributed by atoms with E-state index in [1.54, 1.807) is 30.3 Å². The lowest BCUT2D eigenvalue weighted by molar-refractivity contribution is -0.126. The van der Waals surface area contributed by atoms with Crippen LogP contribution < -0.4 is 15.4 Å². The van der Waals surface area contributed by atoms with Gasteiger partial charge in [0.25, 0.3) is 5.91 Å². The molecule has 122 valence electrons. The summed E-state index contributed by atoms with van der Waals surface area (Å²) in [7, 11) is 0. The highest BCUT2D eigenvalue weighted by molar-refractivity contribution is 9.10. The molecule has 2 atom stereocenters. The normalized spacial score (nSPS) is 25.0. The molecule has 2 aliphatic rings. The molecule has 4 rings (SSSR count). The Morgan fingerprint density at radius 2 is 2.04 bits per heavy atom. The molecule has 1 spiro atoms. The number of hydrogen-bond acceptors (Lipinski definition) is 3. The van der Waals surface area contributed by atoms with Crippen molar-refractivity contribution >= 4 is 27.9 Å². The predicted molar refractivity (Wildman–Crippen MR) is 86.9 cm³/mol. The highest BCUT2D eigenvalue weighted by Gasteiger charge is 2.53. The average Bonchev–Trinajstić information content (AvgIpc) is 2.82. The van der Waals surface area contributed by atoms with E-state index in [0.29, 0.717) is 16.9 Å². The number of amides is 3. The van der Waals surface area contributed by atoms with Crippen LogP contribution >= 0.6 is 15.9 Å². The van der Waals surface area contributed by atoms with Crippen molar-refractivity contribution in [3.8, 4) is 5.75 Å². The standard InChI is InChI=1S/C17H12BrFN2O3/c18-10-4-5-13-12(7-10)17(15(22)20-16(23)21-17)8-14(24-13)9-2-1-3-11(19)6-9/h1-7,14H,8H2,(H2,20,21,22,23). The molecular weight excluding hydrogens is 379 g/mol. The van der Waals surface area contributed by atoms with Crippen LogP contribution in [0.15, 0.2) is 46.9 Å². The summed E-state index contributed by atoms with van der Waals surface area (Å²) < 4.78 is 20.3. The van der Waals surface area contributed by atoms with Gasteiger partial charge in [-0.25, -0.2) is 9.18 Å². The molecule has 24 heavy (non-hydrogen) atoms. The fraction of sp³-hybridized carbons (Fsp3) is 0.176. The van der Waals surface area contributed by atoms with E-state index in [2.05, 4.69) is 26.6 Å². The first-order valence-corrected chi connectivity index (χ1v) is 8.13. The second-order valence-corrected chi connectivity index (χ2v) is 6.74. The zero-order valence-corrected chi connectivity index (χ0v) is 13.9. The summed E-state index contributed by atoms with van der Waals surface area (Å²) in [6.07, 6.45) is -0.379. The van der Waals surface area contributed by atoms with Crippen molar-refractivity contribution in [2.24, 2.45) is 0 Å². The van der Waals surface area contributed by atoms with Gasteiger partial charge in [-0.15, -0.1) is 0 Å². The molecule has 2 aliphatic heterocycles. The largest absolute Gasteiger partial charge is 0.485 e. The van der Waals surface area contributed by atoms with Crippen LogP contribution in [0.4, 0.5) is 9.18 Å². The average molecular weight is 391 g/mol. The Bertz CT molecular complexity index is 873. The van der Waals surface area contributed by atoms with Gasteiger partial charge in [0.2, 0.25) is 0 Å². The van der Waals surface area contributed by atoms with Gasteiger partial charge in [-0.05, 0) is 35.9 Å². The third-order valence-corrected chi connectivity index (χ3v) is 4.82. The fourth-order valence-corrected chi connectivity index (χ4v) is 3.60. The molecule has 0 aliphatic carbocycles. The summed E-state index contributed by atoms with van der Waals surface area (Å²) in [6, 6.07) is 10.8. The van der Waals surface area contributed by atoms with Gasteiger partial charge in [-0.2, -0.15) is 0 Å². The summed E-state index contributed by atoms with van der Waals surface area (Å²) >= 11 is 3.38. The Labute approximate surface area is 145 Å². The molecule has 7 heteroatoms. The van der Waals surface area contributed by atoms with Crippen LogP contribution in [-0.4, -0.2) is 11.9 Å². The summed E-state index contributed by atoms with van der Waals surface area (Å²) in [5.74, 6) is -0.334. The summed E-state index contributed by atoms with van der Waals surface area (Å²) in [6.45, 7) is 0. The van der Waals surface area contributed by atoms with E-state index < -0.39 is 23.6 Å². The minimum Gasteiger partial charge on any atom is -0.485 e. The number of fused-ring (bicyclic) bond motifs is 2. The maximum atomic E-state index is 13.6. The van der Waals surface area contributed by atoms with Gasteiger partial charge in [0.15, 0.2) is 5.54 Å². The van der Waals surface area contributed by atoms with E-state index in [-0.39, 0.29) is 12.2 Å². The maximum Gasteiger partial charge on any atom is 0.322 e. The van der Waals surface area contributed by atoms with E-state index in [9.17, 15) is 14.0 Å². The molecule has 0 aromatic heterocycles. The highest BCUT2D eigenvalue weighted by Crippen LogP contribution is 2.46. The van der Waals surface area contributed by atoms with Crippen LogP contribution in [0.1, 0.15) is 23.7 Å². The Kier molecular flexibility index (Phi) is 3.35. The van der Waals surface area contributed by atoms with Gasteiger partial charge in [0.05, 0.1) is 0 Å². The molecule has 0 saturated carbocycles. The number of benzene rings is 2. The maximum absolute atomic E-state index is 13.6. The number of ether oxygens (including phenoxy) is 1. The zero-order chi connectivity index (χ0) is 16.9. The van der Waals surface area contributed by atoms with Gasteiger partial charge < -0.3 is 10.1 Å². The van der Waals surface area contributed by atoms with Gasteiger partial charge >= 0.3 is 6.03 Å². The molecule has 2 aromatic rings. The lowest BCUT2D eigenvalue weighted by atomic mass is 9.80. The lowest BCUT2D eigenvalue weighted by Crippen LogP contribution is -2.48. The second kappa shape index (κ2) is 5.31. The lowest BCUT2D eigenvalue weighted by Gasteiger charge is -2.37. The number of urea groups is 1. The number of rotatable bonds is 1. The minimum atomic E-state index is -1.23.